The first-order valence-electron chi connectivity index (χ1n) is 5.29. The Hall–Kier alpha value is -1.46. The van der Waals surface area contributed by atoms with Crippen LogP contribution in [0.2, 0.25) is 0 Å². The average Bonchev–Trinajstić information content (AvgIpc) is 2.29. The van der Waals surface area contributed by atoms with E-state index in [1.807, 2.05) is 13.8 Å². The largest absolute Gasteiger partial charge is 0.508 e. The van der Waals surface area contributed by atoms with Gasteiger partial charge in [0.15, 0.2) is 0 Å². The Balaban J connectivity index is 3.31. The van der Waals surface area contributed by atoms with Gasteiger partial charge in [-0.3, -0.25) is 0 Å². The standard InChI is InChI=1S/C10H18O6/c1-3-5-13-9(11)15-7-8-16-10(12)14-6-4-2/h3-8H2,1-2H3. The lowest BCUT2D eigenvalue weighted by atomic mass is 10.5. The quantitative estimate of drug-likeness (QED) is 0.496. The van der Waals surface area contributed by atoms with Gasteiger partial charge in [0.05, 0.1) is 13.2 Å². The Morgan fingerprint density at radius 1 is 0.688 bits per heavy atom. The van der Waals surface area contributed by atoms with E-state index in [1.165, 1.54) is 0 Å². The fourth-order valence-corrected chi connectivity index (χ4v) is 0.704. The highest BCUT2D eigenvalue weighted by molar-refractivity contribution is 5.60. The van der Waals surface area contributed by atoms with Gasteiger partial charge in [-0.05, 0) is 12.8 Å². The van der Waals surface area contributed by atoms with Gasteiger partial charge in [0.25, 0.3) is 0 Å². The lowest BCUT2D eigenvalue weighted by Crippen LogP contribution is -2.15. The predicted octanol–water partition coefficient (Wildman–Crippen LogP) is 2.11. The maximum Gasteiger partial charge on any atom is 0.508 e. The molecule has 0 bridgehead atoms. The fraction of sp³-hybridized carbons (Fsp3) is 0.800. The molecule has 6 nitrogen and oxygen atoms in total. The van der Waals surface area contributed by atoms with Gasteiger partial charge in [0.2, 0.25) is 0 Å². The van der Waals surface area contributed by atoms with Crippen molar-refractivity contribution in [2.24, 2.45) is 0 Å². The first-order chi connectivity index (χ1) is 7.70. The number of ether oxygens (including phenoxy) is 4. The number of carbonyl (C=O) groups excluding carboxylic acids is 2. The zero-order chi connectivity index (χ0) is 12.2. The summed E-state index contributed by atoms with van der Waals surface area (Å²) in [6.45, 7) is 4.31. The minimum Gasteiger partial charge on any atom is -0.434 e. The van der Waals surface area contributed by atoms with Crippen LogP contribution in [0.15, 0.2) is 0 Å². The molecular formula is C10H18O6. The molecule has 0 atom stereocenters. The van der Waals surface area contributed by atoms with Crippen molar-refractivity contribution >= 4 is 12.3 Å². The van der Waals surface area contributed by atoms with Gasteiger partial charge < -0.3 is 18.9 Å². The second-order valence-corrected chi connectivity index (χ2v) is 2.89. The van der Waals surface area contributed by atoms with E-state index < -0.39 is 12.3 Å². The highest BCUT2D eigenvalue weighted by Crippen LogP contribution is 1.90. The molecular weight excluding hydrogens is 216 g/mol. The third kappa shape index (κ3) is 9.11. The Bertz CT molecular complexity index is 181. The summed E-state index contributed by atoms with van der Waals surface area (Å²) in [6.07, 6.45) is -0.0519. The highest BCUT2D eigenvalue weighted by Gasteiger charge is 2.05. The van der Waals surface area contributed by atoms with Crippen molar-refractivity contribution in [2.75, 3.05) is 26.4 Å². The number of rotatable bonds is 7. The van der Waals surface area contributed by atoms with Crippen LogP contribution in [0.4, 0.5) is 9.59 Å². The summed E-state index contributed by atoms with van der Waals surface area (Å²) in [6, 6.07) is 0. The smallest absolute Gasteiger partial charge is 0.434 e. The number of carbonyl (C=O) groups is 2. The molecule has 0 unspecified atom stereocenters. The van der Waals surface area contributed by atoms with Crippen LogP contribution in [0.25, 0.3) is 0 Å². The summed E-state index contributed by atoms with van der Waals surface area (Å²) in [7, 11) is 0. The second kappa shape index (κ2) is 10.1. The summed E-state index contributed by atoms with van der Waals surface area (Å²) in [5.41, 5.74) is 0. The third-order valence-electron chi connectivity index (χ3n) is 1.37. The molecule has 0 aromatic carbocycles. The van der Waals surface area contributed by atoms with Gasteiger partial charge in [0, 0.05) is 0 Å². The minimum absolute atomic E-state index is 0.0379. The second-order valence-electron chi connectivity index (χ2n) is 2.89. The molecule has 0 aliphatic carbocycles. The van der Waals surface area contributed by atoms with Crippen molar-refractivity contribution in [3.63, 3.8) is 0 Å². The van der Waals surface area contributed by atoms with E-state index in [1.54, 1.807) is 0 Å². The van der Waals surface area contributed by atoms with Crippen molar-refractivity contribution < 1.29 is 28.5 Å². The molecule has 0 aliphatic rings. The van der Waals surface area contributed by atoms with E-state index in [0.717, 1.165) is 12.8 Å². The van der Waals surface area contributed by atoms with E-state index in [0.29, 0.717) is 13.2 Å². The Morgan fingerprint density at radius 3 is 1.31 bits per heavy atom. The van der Waals surface area contributed by atoms with Gasteiger partial charge in [-0.1, -0.05) is 13.8 Å². The van der Waals surface area contributed by atoms with Crippen LogP contribution in [-0.4, -0.2) is 38.7 Å². The predicted molar refractivity (Wildman–Crippen MR) is 55.2 cm³/mol. The van der Waals surface area contributed by atoms with Crippen LogP contribution in [0, 0.1) is 0 Å². The topological polar surface area (TPSA) is 71.1 Å². The zero-order valence-electron chi connectivity index (χ0n) is 9.69. The van der Waals surface area contributed by atoms with Gasteiger partial charge in [-0.25, -0.2) is 9.59 Å². The van der Waals surface area contributed by atoms with Crippen molar-refractivity contribution in [3.8, 4) is 0 Å². The molecule has 0 aromatic rings. The summed E-state index contributed by atoms with van der Waals surface area (Å²) >= 11 is 0. The molecule has 0 radical (unpaired) electrons. The molecule has 0 saturated carbocycles. The molecule has 0 heterocycles. The molecule has 94 valence electrons. The van der Waals surface area contributed by atoms with Crippen LogP contribution >= 0.6 is 0 Å². The maximum absolute atomic E-state index is 10.8. The Morgan fingerprint density at radius 2 is 1.00 bits per heavy atom. The third-order valence-corrected chi connectivity index (χ3v) is 1.37. The average molecular weight is 234 g/mol. The first kappa shape index (κ1) is 14.5. The first-order valence-corrected chi connectivity index (χ1v) is 5.29. The van der Waals surface area contributed by atoms with E-state index in [4.69, 9.17) is 0 Å². The van der Waals surface area contributed by atoms with Crippen LogP contribution in [0.5, 0.6) is 0 Å². The minimum atomic E-state index is -0.757. The van der Waals surface area contributed by atoms with Gasteiger partial charge >= 0.3 is 12.3 Å². The molecule has 0 fully saturated rings. The fourth-order valence-electron chi connectivity index (χ4n) is 0.704. The van der Waals surface area contributed by atoms with Gasteiger partial charge in [-0.15, -0.1) is 0 Å². The normalized spacial score (nSPS) is 9.38. The molecule has 0 saturated heterocycles. The van der Waals surface area contributed by atoms with Crippen molar-refractivity contribution in [3.05, 3.63) is 0 Å². The number of hydrogen-bond acceptors (Lipinski definition) is 6. The molecule has 0 aromatic heterocycles. The molecule has 0 amide bonds. The van der Waals surface area contributed by atoms with Crippen LogP contribution in [0.3, 0.4) is 0 Å². The number of hydrogen-bond donors (Lipinski definition) is 0. The van der Waals surface area contributed by atoms with Gasteiger partial charge in [-0.2, -0.15) is 0 Å². The molecule has 0 aliphatic heterocycles. The Kier molecular flexibility index (Phi) is 9.15. The molecule has 16 heavy (non-hydrogen) atoms. The molecule has 6 heteroatoms. The van der Waals surface area contributed by atoms with Crippen LogP contribution in [0.1, 0.15) is 26.7 Å². The SMILES string of the molecule is CCCOC(=O)OCCOC(=O)OCCC. The lowest BCUT2D eigenvalue weighted by Gasteiger charge is -2.06. The van der Waals surface area contributed by atoms with E-state index >= 15 is 0 Å². The summed E-state index contributed by atoms with van der Waals surface area (Å²) < 4.78 is 18.5. The van der Waals surface area contributed by atoms with Crippen molar-refractivity contribution in [2.45, 2.75) is 26.7 Å². The molecule has 0 N–H and O–H groups in total. The van der Waals surface area contributed by atoms with Crippen LogP contribution < -0.4 is 0 Å². The van der Waals surface area contributed by atoms with E-state index in [2.05, 4.69) is 18.9 Å². The van der Waals surface area contributed by atoms with Gasteiger partial charge in [0.1, 0.15) is 13.2 Å². The molecule has 0 spiro atoms. The van der Waals surface area contributed by atoms with Crippen molar-refractivity contribution in [1.82, 2.24) is 0 Å². The zero-order valence-corrected chi connectivity index (χ0v) is 9.69. The lowest BCUT2D eigenvalue weighted by molar-refractivity contribution is 0.0184. The highest BCUT2D eigenvalue weighted by atomic mass is 16.7. The molecule has 0 rings (SSSR count). The Labute approximate surface area is 94.8 Å². The van der Waals surface area contributed by atoms with E-state index in [-0.39, 0.29) is 13.2 Å². The summed E-state index contributed by atoms with van der Waals surface area (Å²) in [5, 5.41) is 0. The van der Waals surface area contributed by atoms with Crippen LogP contribution in [-0.2, 0) is 18.9 Å². The van der Waals surface area contributed by atoms with Crippen molar-refractivity contribution in [1.29, 1.82) is 0 Å². The summed E-state index contributed by atoms with van der Waals surface area (Å²) in [5.74, 6) is 0. The summed E-state index contributed by atoms with van der Waals surface area (Å²) in [4.78, 5) is 21.6. The maximum atomic E-state index is 10.8. The van der Waals surface area contributed by atoms with E-state index in [9.17, 15) is 9.59 Å². The monoisotopic (exact) mass is 234 g/mol.